The fraction of sp³-hybridized carbons (Fsp3) is 0.143. The molecule has 130 valence electrons. The molecule has 0 atom stereocenters. The Morgan fingerprint density at radius 3 is 2.77 bits per heavy atom. The van der Waals surface area contributed by atoms with Gasteiger partial charge in [0, 0.05) is 22.9 Å². The van der Waals surface area contributed by atoms with Crippen LogP contribution in [0.2, 0.25) is 0 Å². The van der Waals surface area contributed by atoms with E-state index in [1.165, 1.54) is 12.1 Å². The van der Waals surface area contributed by atoms with Crippen molar-refractivity contribution < 1.29 is 13.9 Å². The molecule has 1 N–H and O–H groups in total. The van der Waals surface area contributed by atoms with Crippen LogP contribution in [-0.4, -0.2) is 16.5 Å². The highest BCUT2D eigenvalue weighted by molar-refractivity contribution is 6.32. The number of fused-ring (bicyclic) bond motifs is 1. The number of rotatable bonds is 2. The summed E-state index contributed by atoms with van der Waals surface area (Å²) in [7, 11) is 0. The summed E-state index contributed by atoms with van der Waals surface area (Å²) in [4.78, 5) is 16.8. The summed E-state index contributed by atoms with van der Waals surface area (Å²) in [5, 5.41) is 2.69. The van der Waals surface area contributed by atoms with Crippen LogP contribution in [0.4, 0.5) is 10.1 Å². The van der Waals surface area contributed by atoms with Crippen molar-refractivity contribution in [2.24, 2.45) is 0 Å². The summed E-state index contributed by atoms with van der Waals surface area (Å²) >= 11 is 0. The molecule has 0 aliphatic carbocycles. The number of anilines is 1. The van der Waals surface area contributed by atoms with E-state index in [0.29, 0.717) is 22.6 Å². The lowest BCUT2D eigenvalue weighted by atomic mass is 9.93. The third-order valence-electron chi connectivity index (χ3n) is 4.57. The Morgan fingerprint density at radius 1 is 1.27 bits per heavy atom. The van der Waals surface area contributed by atoms with Crippen molar-refractivity contribution in [2.45, 2.75) is 19.4 Å². The lowest BCUT2D eigenvalue weighted by Gasteiger charge is -2.23. The summed E-state index contributed by atoms with van der Waals surface area (Å²) in [6.07, 6.45) is 5.30. The largest absolute Gasteiger partial charge is 0.482 e. The van der Waals surface area contributed by atoms with E-state index in [4.69, 9.17) is 4.74 Å². The molecule has 2 aliphatic heterocycles. The molecule has 5 heteroatoms. The first-order valence-electron chi connectivity index (χ1n) is 8.24. The van der Waals surface area contributed by atoms with Gasteiger partial charge in [0.1, 0.15) is 17.2 Å². The van der Waals surface area contributed by atoms with E-state index in [2.05, 4.69) is 16.9 Å². The van der Waals surface area contributed by atoms with Gasteiger partial charge in [-0.15, -0.1) is 0 Å². The predicted molar refractivity (Wildman–Crippen MR) is 99.4 cm³/mol. The number of carbonyl (C=O) groups is 1. The topological polar surface area (TPSA) is 51.2 Å². The van der Waals surface area contributed by atoms with Gasteiger partial charge in [-0.25, -0.2) is 4.39 Å². The third-order valence-corrected chi connectivity index (χ3v) is 4.57. The molecular weight excluding hydrogens is 331 g/mol. The Kier molecular flexibility index (Phi) is 3.54. The zero-order valence-electron chi connectivity index (χ0n) is 14.5. The highest BCUT2D eigenvalue weighted by atomic mass is 19.1. The van der Waals surface area contributed by atoms with Crippen LogP contribution in [-0.2, 0) is 9.53 Å². The van der Waals surface area contributed by atoms with E-state index >= 15 is 0 Å². The van der Waals surface area contributed by atoms with Gasteiger partial charge in [0.2, 0.25) is 0 Å². The summed E-state index contributed by atoms with van der Waals surface area (Å²) in [5.74, 6) is -0.220. The van der Waals surface area contributed by atoms with Gasteiger partial charge in [-0.2, -0.15) is 0 Å². The van der Waals surface area contributed by atoms with Crippen LogP contribution in [0.5, 0.6) is 0 Å². The minimum Gasteiger partial charge on any atom is -0.482 e. The zero-order chi connectivity index (χ0) is 18.5. The third kappa shape index (κ3) is 2.52. The molecule has 0 unspecified atom stereocenters. The second kappa shape index (κ2) is 5.66. The van der Waals surface area contributed by atoms with Crippen LogP contribution < -0.4 is 5.32 Å². The van der Waals surface area contributed by atoms with Crippen LogP contribution in [0, 0.1) is 5.82 Å². The Morgan fingerprint density at radius 2 is 2.08 bits per heavy atom. The highest BCUT2D eigenvalue weighted by Gasteiger charge is 2.38. The average molecular weight is 348 g/mol. The molecule has 0 radical (unpaired) electrons. The number of hydrogen-bond acceptors (Lipinski definition) is 3. The fourth-order valence-corrected chi connectivity index (χ4v) is 3.29. The second-order valence-corrected chi connectivity index (χ2v) is 6.73. The Labute approximate surface area is 150 Å². The van der Waals surface area contributed by atoms with E-state index in [1.807, 2.05) is 32.1 Å². The molecule has 1 amide bonds. The maximum Gasteiger partial charge on any atom is 0.260 e. The molecule has 1 aromatic carbocycles. The zero-order valence-corrected chi connectivity index (χ0v) is 14.5. The number of aromatic nitrogens is 1. The number of amides is 1. The molecule has 4 rings (SSSR count). The van der Waals surface area contributed by atoms with E-state index in [1.54, 1.807) is 18.3 Å². The molecule has 0 bridgehead atoms. The number of nitrogens with one attached hydrogen (secondary N) is 1. The van der Waals surface area contributed by atoms with Crippen LogP contribution in [0.3, 0.4) is 0 Å². The van der Waals surface area contributed by atoms with Crippen molar-refractivity contribution in [2.75, 3.05) is 5.32 Å². The molecule has 4 nitrogen and oxygen atoms in total. The predicted octanol–water partition coefficient (Wildman–Crippen LogP) is 4.42. The minimum absolute atomic E-state index is 0.297. The molecule has 2 aliphatic rings. The molecule has 1 aromatic heterocycles. The summed E-state index contributed by atoms with van der Waals surface area (Å²) in [6, 6.07) is 8.07. The molecule has 2 aromatic rings. The van der Waals surface area contributed by atoms with Crippen molar-refractivity contribution in [1.29, 1.82) is 0 Å². The lowest BCUT2D eigenvalue weighted by Crippen LogP contribution is -2.21. The first kappa shape index (κ1) is 16.3. The smallest absolute Gasteiger partial charge is 0.260 e. The molecule has 0 fully saturated rings. The van der Waals surface area contributed by atoms with Crippen molar-refractivity contribution in [1.82, 2.24) is 4.98 Å². The van der Waals surface area contributed by atoms with Crippen LogP contribution in [0.25, 0.3) is 17.2 Å². The minimum atomic E-state index is -0.622. The quantitative estimate of drug-likeness (QED) is 0.818. The SMILES string of the molecule is C=Cc1ccc(C2=C/C(=C3\C(=O)Nc4cc(F)ccc43)OC2(C)C)cn1. The monoisotopic (exact) mass is 348 g/mol. The average Bonchev–Trinajstić information content (AvgIpc) is 3.09. The number of ether oxygens (including phenoxy) is 1. The maximum absolute atomic E-state index is 13.4. The van der Waals surface area contributed by atoms with Gasteiger partial charge in [-0.1, -0.05) is 12.6 Å². The van der Waals surface area contributed by atoms with Crippen molar-refractivity contribution in [3.05, 3.63) is 77.6 Å². The number of pyridine rings is 1. The first-order valence-corrected chi connectivity index (χ1v) is 8.24. The van der Waals surface area contributed by atoms with Gasteiger partial charge in [0.25, 0.3) is 5.91 Å². The van der Waals surface area contributed by atoms with Gasteiger partial charge in [-0.3, -0.25) is 9.78 Å². The fourth-order valence-electron chi connectivity index (χ4n) is 3.29. The van der Waals surface area contributed by atoms with Crippen LogP contribution in [0.15, 0.2) is 54.9 Å². The second-order valence-electron chi connectivity index (χ2n) is 6.73. The summed E-state index contributed by atoms with van der Waals surface area (Å²) in [6.45, 7) is 7.58. The van der Waals surface area contributed by atoms with Crippen molar-refractivity contribution in [3.63, 3.8) is 0 Å². The van der Waals surface area contributed by atoms with Crippen molar-refractivity contribution in [3.8, 4) is 0 Å². The number of carbonyl (C=O) groups excluding carboxylic acids is 1. The Hall–Kier alpha value is -3.21. The number of nitrogens with zero attached hydrogens (tertiary/aromatic N) is 1. The van der Waals surface area contributed by atoms with Crippen LogP contribution >= 0.6 is 0 Å². The number of allylic oxidation sites excluding steroid dienone is 1. The number of benzene rings is 1. The van der Waals surface area contributed by atoms with E-state index in [0.717, 1.165) is 16.8 Å². The van der Waals surface area contributed by atoms with Crippen molar-refractivity contribution >= 4 is 28.8 Å². The van der Waals surface area contributed by atoms with Gasteiger partial charge in [0.05, 0.1) is 17.0 Å². The maximum atomic E-state index is 13.4. The van der Waals surface area contributed by atoms with Crippen LogP contribution in [0.1, 0.15) is 30.7 Å². The van der Waals surface area contributed by atoms with E-state index in [9.17, 15) is 9.18 Å². The van der Waals surface area contributed by atoms with Gasteiger partial charge in [0.15, 0.2) is 0 Å². The van der Waals surface area contributed by atoms with Gasteiger partial charge < -0.3 is 10.1 Å². The van der Waals surface area contributed by atoms with E-state index < -0.39 is 11.4 Å². The first-order chi connectivity index (χ1) is 12.4. The highest BCUT2D eigenvalue weighted by Crippen LogP contribution is 2.44. The Balaban J connectivity index is 1.84. The van der Waals surface area contributed by atoms with Gasteiger partial charge in [-0.05, 0) is 50.3 Å². The molecule has 0 saturated carbocycles. The normalized spacial score (nSPS) is 20.3. The molecule has 0 saturated heterocycles. The molecule has 3 heterocycles. The molecular formula is C21H17FN2O2. The standard InChI is InChI=1S/C21H17FN2O2/c1-4-14-7-5-12(11-23-14)16-10-18(26-21(16,2)3)19-15-8-6-13(22)9-17(15)24-20(19)25/h4-11H,1H2,2-3H3,(H,24,25)/b19-18+. The van der Waals surface area contributed by atoms with E-state index in [-0.39, 0.29) is 5.91 Å². The molecule has 26 heavy (non-hydrogen) atoms. The number of hydrogen-bond donors (Lipinski definition) is 1. The lowest BCUT2D eigenvalue weighted by molar-refractivity contribution is -0.111. The van der Waals surface area contributed by atoms with Gasteiger partial charge >= 0.3 is 0 Å². The summed E-state index contributed by atoms with van der Waals surface area (Å²) < 4.78 is 19.5. The molecule has 0 spiro atoms. The number of halogens is 1. The summed E-state index contributed by atoms with van der Waals surface area (Å²) in [5.41, 5.74) is 3.51. The Bertz CT molecular complexity index is 1000.